The molecule has 1 amide bonds. The highest BCUT2D eigenvalue weighted by Gasteiger charge is 2.29. The van der Waals surface area contributed by atoms with Gasteiger partial charge in [0, 0.05) is 50.3 Å². The van der Waals surface area contributed by atoms with E-state index >= 15 is 0 Å². The second-order valence-corrected chi connectivity index (χ2v) is 10.2. The molecule has 0 aliphatic carbocycles. The van der Waals surface area contributed by atoms with Crippen molar-refractivity contribution in [3.8, 4) is 11.4 Å². The fourth-order valence-corrected chi connectivity index (χ4v) is 4.58. The number of aliphatic carboxylic acids is 1. The van der Waals surface area contributed by atoms with Gasteiger partial charge in [-0.3, -0.25) is 9.59 Å². The number of nitrogens with zero attached hydrogens (tertiary/aromatic N) is 4. The third-order valence-electron chi connectivity index (χ3n) is 5.65. The fourth-order valence-electron chi connectivity index (χ4n) is 3.63. The van der Waals surface area contributed by atoms with Crippen molar-refractivity contribution >= 4 is 23.6 Å². The van der Waals surface area contributed by atoms with Gasteiger partial charge in [0.05, 0.1) is 12.3 Å². The number of imidazole rings is 1. The topological polar surface area (TPSA) is 87.9 Å². The van der Waals surface area contributed by atoms with Crippen molar-refractivity contribution in [3.05, 3.63) is 35.7 Å². The number of piperazine rings is 1. The Morgan fingerprint density at radius 3 is 2.34 bits per heavy atom. The fraction of sp³-hybridized carbons (Fsp3) is 0.522. The summed E-state index contributed by atoms with van der Waals surface area (Å²) < 4.78 is 6.33. The number of thioether (sulfide) groups is 1. The van der Waals surface area contributed by atoms with Crippen LogP contribution in [-0.2, 0) is 16.1 Å². The molecule has 0 saturated carbocycles. The first-order valence-electron chi connectivity index (χ1n) is 10.7. The van der Waals surface area contributed by atoms with Crippen LogP contribution in [0.4, 0.5) is 0 Å². The molecule has 1 aliphatic heterocycles. The molecule has 0 radical (unpaired) electrons. The molecule has 1 saturated heterocycles. The first-order chi connectivity index (χ1) is 15.1. The van der Waals surface area contributed by atoms with Crippen molar-refractivity contribution in [3.63, 3.8) is 0 Å². The van der Waals surface area contributed by atoms with Crippen molar-refractivity contribution in [1.82, 2.24) is 19.4 Å². The molecule has 1 fully saturated rings. The number of ether oxygens (including phenoxy) is 1. The van der Waals surface area contributed by atoms with E-state index < -0.39 is 10.7 Å². The number of hydrogen-bond donors (Lipinski definition) is 1. The minimum absolute atomic E-state index is 0.000775. The predicted molar refractivity (Wildman–Crippen MR) is 125 cm³/mol. The van der Waals surface area contributed by atoms with E-state index in [1.807, 2.05) is 40.7 Å². The molecule has 0 unspecified atom stereocenters. The second kappa shape index (κ2) is 10.1. The Balaban J connectivity index is 1.92. The van der Waals surface area contributed by atoms with Crippen LogP contribution in [0.25, 0.3) is 11.4 Å². The lowest BCUT2D eigenvalue weighted by Gasteiger charge is -2.32. The first kappa shape index (κ1) is 24.3. The van der Waals surface area contributed by atoms with Crippen molar-refractivity contribution in [2.24, 2.45) is 0 Å². The normalized spacial score (nSPS) is 15.2. The Morgan fingerprint density at radius 2 is 1.78 bits per heavy atom. The van der Waals surface area contributed by atoms with Gasteiger partial charge in [0.25, 0.3) is 5.91 Å². The first-order valence-corrected chi connectivity index (χ1v) is 11.5. The number of benzene rings is 1. The average Bonchev–Trinajstić information content (AvgIpc) is 3.08. The number of rotatable bonds is 8. The smallest absolute Gasteiger partial charge is 0.319 e. The zero-order chi connectivity index (χ0) is 23.5. The molecule has 9 heteroatoms. The van der Waals surface area contributed by atoms with Crippen molar-refractivity contribution in [1.29, 1.82) is 0 Å². The van der Waals surface area contributed by atoms with Gasteiger partial charge in [-0.05, 0) is 40.0 Å². The van der Waals surface area contributed by atoms with E-state index in [-0.39, 0.29) is 5.91 Å². The number of likely N-dealkylation sites (N-methyl/N-ethyl adjacent to an activating group) is 1. The number of carbonyl (C=O) groups is 2. The zero-order valence-corrected chi connectivity index (χ0v) is 20.2. The third-order valence-corrected chi connectivity index (χ3v) is 6.85. The largest absolute Gasteiger partial charge is 0.480 e. The summed E-state index contributed by atoms with van der Waals surface area (Å²) >= 11 is 1.30. The minimum Gasteiger partial charge on any atom is -0.480 e. The van der Waals surface area contributed by atoms with Crippen LogP contribution in [-0.4, -0.2) is 88.0 Å². The monoisotopic (exact) mass is 460 g/mol. The molecule has 1 aliphatic rings. The lowest BCUT2D eigenvalue weighted by atomic mass is 10.2. The molecule has 8 nitrogen and oxygen atoms in total. The van der Waals surface area contributed by atoms with Crippen LogP contribution in [0.15, 0.2) is 29.2 Å². The van der Waals surface area contributed by atoms with Gasteiger partial charge in [-0.1, -0.05) is 12.1 Å². The summed E-state index contributed by atoms with van der Waals surface area (Å²) in [4.78, 5) is 34.5. The predicted octanol–water partition coefficient (Wildman–Crippen LogP) is 2.85. The molecule has 32 heavy (non-hydrogen) atoms. The maximum Gasteiger partial charge on any atom is 0.319 e. The van der Waals surface area contributed by atoms with Crippen LogP contribution in [0, 0.1) is 6.92 Å². The van der Waals surface area contributed by atoms with Gasteiger partial charge >= 0.3 is 5.97 Å². The lowest BCUT2D eigenvalue weighted by molar-refractivity contribution is -0.138. The van der Waals surface area contributed by atoms with E-state index in [0.717, 1.165) is 23.5 Å². The number of aromatic nitrogens is 2. The van der Waals surface area contributed by atoms with Crippen LogP contribution in [0.5, 0.6) is 0 Å². The summed E-state index contributed by atoms with van der Waals surface area (Å²) in [5.74, 6) is -0.142. The van der Waals surface area contributed by atoms with Crippen LogP contribution < -0.4 is 0 Å². The zero-order valence-electron chi connectivity index (χ0n) is 19.4. The van der Waals surface area contributed by atoms with Gasteiger partial charge in [0.15, 0.2) is 0 Å². The second-order valence-electron chi connectivity index (χ2n) is 8.55. The maximum atomic E-state index is 13.4. The van der Waals surface area contributed by atoms with Gasteiger partial charge < -0.3 is 24.2 Å². The SMILES string of the molecule is COCCn1c(-c2ccc(SC(C)(C)C(=O)O)cc2)nc(C)c1C(=O)N1CCN(C)CC1. The molecule has 0 bridgehead atoms. The highest BCUT2D eigenvalue weighted by atomic mass is 32.2. The molecule has 1 N–H and O–H groups in total. The summed E-state index contributed by atoms with van der Waals surface area (Å²) in [6.07, 6.45) is 0. The van der Waals surface area contributed by atoms with Crippen LogP contribution in [0.1, 0.15) is 30.0 Å². The minimum atomic E-state index is -0.920. The summed E-state index contributed by atoms with van der Waals surface area (Å²) in [7, 11) is 3.70. The molecule has 2 aromatic rings. The number of aryl methyl sites for hydroxylation is 1. The van der Waals surface area contributed by atoms with Gasteiger partial charge in [0.1, 0.15) is 16.3 Å². The Morgan fingerprint density at radius 1 is 1.16 bits per heavy atom. The van der Waals surface area contributed by atoms with Crippen LogP contribution >= 0.6 is 11.8 Å². The van der Waals surface area contributed by atoms with Gasteiger partial charge in [-0.2, -0.15) is 0 Å². The average molecular weight is 461 g/mol. The molecule has 0 atom stereocenters. The quantitative estimate of drug-likeness (QED) is 0.606. The highest BCUT2D eigenvalue weighted by Crippen LogP contribution is 2.34. The lowest BCUT2D eigenvalue weighted by Crippen LogP contribution is -2.47. The molecule has 2 heterocycles. The summed E-state index contributed by atoms with van der Waals surface area (Å²) in [5, 5.41) is 9.38. The van der Waals surface area contributed by atoms with E-state index in [2.05, 4.69) is 11.9 Å². The van der Waals surface area contributed by atoms with E-state index in [1.54, 1.807) is 21.0 Å². The standard InChI is InChI=1S/C23H32N4O4S/c1-16-19(21(28)26-12-10-25(4)11-13-26)27(14-15-31-5)20(24-16)17-6-8-18(9-7-17)32-23(2,3)22(29)30/h6-9H,10-15H2,1-5H3,(H,29,30). The van der Waals surface area contributed by atoms with E-state index in [9.17, 15) is 14.7 Å². The number of carboxylic acid groups (broad SMARTS) is 1. The van der Waals surface area contributed by atoms with Gasteiger partial charge in [-0.25, -0.2) is 4.98 Å². The molecule has 174 valence electrons. The number of carbonyl (C=O) groups excluding carboxylic acids is 1. The van der Waals surface area contributed by atoms with Crippen molar-refractivity contribution in [2.75, 3.05) is 46.9 Å². The van der Waals surface area contributed by atoms with Crippen molar-refractivity contribution in [2.45, 2.75) is 37.0 Å². The summed E-state index contributed by atoms with van der Waals surface area (Å²) in [6.45, 7) is 9.34. The molecule has 0 spiro atoms. The van der Waals surface area contributed by atoms with Crippen LogP contribution in [0.3, 0.4) is 0 Å². The van der Waals surface area contributed by atoms with Gasteiger partial charge in [-0.15, -0.1) is 11.8 Å². The number of amides is 1. The van der Waals surface area contributed by atoms with E-state index in [1.165, 1.54) is 11.8 Å². The number of methoxy groups -OCH3 is 1. The molecular weight excluding hydrogens is 428 g/mol. The van der Waals surface area contributed by atoms with Crippen LogP contribution in [0.2, 0.25) is 0 Å². The maximum absolute atomic E-state index is 13.4. The Labute approximate surface area is 193 Å². The molecule has 1 aromatic carbocycles. The molecule has 1 aromatic heterocycles. The van der Waals surface area contributed by atoms with Gasteiger partial charge in [0.2, 0.25) is 0 Å². The molecular formula is C23H32N4O4S. The summed E-state index contributed by atoms with van der Waals surface area (Å²) in [6, 6.07) is 7.65. The van der Waals surface area contributed by atoms with Crippen molar-refractivity contribution < 1.29 is 19.4 Å². The summed E-state index contributed by atoms with van der Waals surface area (Å²) in [5.41, 5.74) is 2.18. The Kier molecular flexibility index (Phi) is 7.63. The van der Waals surface area contributed by atoms with E-state index in [4.69, 9.17) is 9.72 Å². The Hall–Kier alpha value is -2.36. The number of hydrogen-bond acceptors (Lipinski definition) is 6. The third kappa shape index (κ3) is 5.33. The highest BCUT2D eigenvalue weighted by molar-refractivity contribution is 8.01. The Bertz CT molecular complexity index is 963. The van der Waals surface area contributed by atoms with E-state index in [0.29, 0.717) is 43.5 Å². The molecule has 3 rings (SSSR count). The number of carboxylic acids is 1.